The predicted molar refractivity (Wildman–Crippen MR) is 63.4 cm³/mol. The molecule has 2 rings (SSSR count). The van der Waals surface area contributed by atoms with E-state index in [0.717, 1.165) is 11.1 Å². The molecule has 0 aliphatic heterocycles. The largest absolute Gasteiger partial charge is 0.383 e. The van der Waals surface area contributed by atoms with E-state index in [1.54, 1.807) is 24.4 Å². The molecule has 0 fully saturated rings. The van der Waals surface area contributed by atoms with Gasteiger partial charge in [-0.2, -0.15) is 5.26 Å². The van der Waals surface area contributed by atoms with Crippen LogP contribution in [-0.2, 0) is 6.42 Å². The van der Waals surface area contributed by atoms with Gasteiger partial charge in [0.2, 0.25) is 0 Å². The topological polar surface area (TPSA) is 62.7 Å². The van der Waals surface area contributed by atoms with E-state index in [4.69, 9.17) is 11.0 Å². The fraction of sp³-hybridized carbons (Fsp3) is 0.0769. The molecule has 2 N–H and O–H groups in total. The van der Waals surface area contributed by atoms with Gasteiger partial charge in [-0.1, -0.05) is 12.1 Å². The van der Waals surface area contributed by atoms with Crippen LogP contribution in [0.25, 0.3) is 11.1 Å². The van der Waals surface area contributed by atoms with Crippen LogP contribution in [0.3, 0.4) is 0 Å². The molecule has 0 saturated heterocycles. The monoisotopic (exact) mass is 227 g/mol. The highest BCUT2D eigenvalue weighted by atomic mass is 19.1. The van der Waals surface area contributed by atoms with Crippen LogP contribution >= 0.6 is 0 Å². The van der Waals surface area contributed by atoms with Gasteiger partial charge in [0.1, 0.15) is 11.6 Å². The Bertz CT molecular complexity index is 587. The molecule has 1 aromatic carbocycles. The maximum atomic E-state index is 13.1. The quantitative estimate of drug-likeness (QED) is 0.857. The first-order chi connectivity index (χ1) is 8.20. The van der Waals surface area contributed by atoms with Crippen molar-refractivity contribution in [1.29, 1.82) is 5.26 Å². The lowest BCUT2D eigenvalue weighted by molar-refractivity contribution is 0.628. The zero-order chi connectivity index (χ0) is 12.3. The third-order valence-corrected chi connectivity index (χ3v) is 2.43. The summed E-state index contributed by atoms with van der Waals surface area (Å²) in [6.45, 7) is 0. The summed E-state index contributed by atoms with van der Waals surface area (Å²) in [6.07, 6.45) is 1.77. The normalized spacial score (nSPS) is 9.88. The first-order valence-electron chi connectivity index (χ1n) is 5.08. The Kier molecular flexibility index (Phi) is 3.01. The molecule has 0 radical (unpaired) electrons. The molecule has 0 spiro atoms. The van der Waals surface area contributed by atoms with Crippen LogP contribution in [0.4, 0.5) is 10.2 Å². The summed E-state index contributed by atoms with van der Waals surface area (Å²) in [5, 5.41) is 8.66. The number of nitrogens with two attached hydrogens (primary N) is 1. The summed E-state index contributed by atoms with van der Waals surface area (Å²) in [5.74, 6) is 0.0351. The van der Waals surface area contributed by atoms with Gasteiger partial charge in [0.25, 0.3) is 0 Å². The minimum Gasteiger partial charge on any atom is -0.383 e. The van der Waals surface area contributed by atoms with Crippen LogP contribution in [-0.4, -0.2) is 4.98 Å². The Morgan fingerprint density at radius 2 is 2.12 bits per heavy atom. The lowest BCUT2D eigenvalue weighted by Gasteiger charge is -2.05. The molecule has 0 amide bonds. The molecule has 0 atom stereocenters. The van der Waals surface area contributed by atoms with Crippen LogP contribution in [0.5, 0.6) is 0 Å². The molecular formula is C13H10FN3. The van der Waals surface area contributed by atoms with Gasteiger partial charge < -0.3 is 5.73 Å². The zero-order valence-electron chi connectivity index (χ0n) is 9.02. The van der Waals surface area contributed by atoms with E-state index in [1.165, 1.54) is 12.1 Å². The molecular weight excluding hydrogens is 217 g/mol. The molecule has 0 aliphatic rings. The van der Waals surface area contributed by atoms with Crippen LogP contribution in [0, 0.1) is 17.1 Å². The van der Waals surface area contributed by atoms with Crippen LogP contribution in [0.15, 0.2) is 36.5 Å². The predicted octanol–water partition coefficient (Wildman–Crippen LogP) is 2.54. The first-order valence-corrected chi connectivity index (χ1v) is 5.08. The number of nitrogen functional groups attached to an aromatic ring is 1. The molecule has 3 nitrogen and oxygen atoms in total. The Morgan fingerprint density at radius 1 is 1.29 bits per heavy atom. The van der Waals surface area contributed by atoms with E-state index in [2.05, 4.69) is 4.98 Å². The number of halogens is 1. The minimum absolute atomic E-state index is 0.196. The van der Waals surface area contributed by atoms with E-state index in [1.807, 2.05) is 6.07 Å². The van der Waals surface area contributed by atoms with Crippen molar-refractivity contribution in [3.63, 3.8) is 0 Å². The van der Waals surface area contributed by atoms with Gasteiger partial charge >= 0.3 is 0 Å². The number of rotatable bonds is 2. The fourth-order valence-electron chi connectivity index (χ4n) is 1.57. The maximum Gasteiger partial charge on any atom is 0.127 e. The number of benzene rings is 1. The van der Waals surface area contributed by atoms with Gasteiger partial charge in [0.15, 0.2) is 0 Å². The number of nitrogens with zero attached hydrogens (tertiary/aromatic N) is 2. The van der Waals surface area contributed by atoms with Crippen molar-refractivity contribution in [2.75, 3.05) is 5.73 Å². The van der Waals surface area contributed by atoms with Crippen LogP contribution < -0.4 is 5.73 Å². The highest BCUT2D eigenvalue weighted by molar-refractivity contribution is 5.65. The Hall–Kier alpha value is -2.41. The number of pyridine rings is 1. The summed E-state index contributed by atoms with van der Waals surface area (Å²) < 4.78 is 13.1. The second-order valence-electron chi connectivity index (χ2n) is 3.61. The first kappa shape index (κ1) is 11.1. The van der Waals surface area contributed by atoms with Crippen molar-refractivity contribution in [1.82, 2.24) is 4.98 Å². The van der Waals surface area contributed by atoms with E-state index in [9.17, 15) is 4.39 Å². The van der Waals surface area contributed by atoms with Gasteiger partial charge in [-0.25, -0.2) is 9.37 Å². The average Bonchev–Trinajstić information content (AvgIpc) is 2.32. The second kappa shape index (κ2) is 4.62. The maximum absolute atomic E-state index is 13.1. The summed E-state index contributed by atoms with van der Waals surface area (Å²) >= 11 is 0. The van der Waals surface area contributed by atoms with Crippen molar-refractivity contribution < 1.29 is 4.39 Å². The molecule has 0 aliphatic carbocycles. The average molecular weight is 227 g/mol. The summed E-state index contributed by atoms with van der Waals surface area (Å²) in [6, 6.07) is 10.00. The van der Waals surface area contributed by atoms with Gasteiger partial charge in [0, 0.05) is 17.3 Å². The van der Waals surface area contributed by atoms with Gasteiger partial charge in [-0.05, 0) is 23.8 Å². The van der Waals surface area contributed by atoms with Gasteiger partial charge in [-0.3, -0.25) is 0 Å². The molecule has 4 heteroatoms. The zero-order valence-corrected chi connectivity index (χ0v) is 9.02. The highest BCUT2D eigenvalue weighted by Crippen LogP contribution is 2.22. The molecule has 1 heterocycles. The third-order valence-electron chi connectivity index (χ3n) is 2.43. The van der Waals surface area contributed by atoms with E-state index in [-0.39, 0.29) is 12.2 Å². The number of hydrogen-bond acceptors (Lipinski definition) is 3. The van der Waals surface area contributed by atoms with Crippen molar-refractivity contribution in [2.45, 2.75) is 6.42 Å². The smallest absolute Gasteiger partial charge is 0.127 e. The highest BCUT2D eigenvalue weighted by Gasteiger charge is 2.05. The van der Waals surface area contributed by atoms with E-state index in [0.29, 0.717) is 11.4 Å². The van der Waals surface area contributed by atoms with Crippen LogP contribution in [0.1, 0.15) is 5.56 Å². The van der Waals surface area contributed by atoms with Crippen molar-refractivity contribution in [3.05, 3.63) is 47.9 Å². The summed E-state index contributed by atoms with van der Waals surface area (Å²) in [4.78, 5) is 4.01. The number of anilines is 1. The van der Waals surface area contributed by atoms with Crippen molar-refractivity contribution in [3.8, 4) is 17.2 Å². The molecule has 0 bridgehead atoms. The fourth-order valence-corrected chi connectivity index (χ4v) is 1.57. The Labute approximate surface area is 98.3 Å². The SMILES string of the molecule is N#CCc1cc(-c2cccc(F)c2)cnc1N. The summed E-state index contributed by atoms with van der Waals surface area (Å²) in [7, 11) is 0. The molecule has 0 unspecified atom stereocenters. The molecule has 1 aromatic heterocycles. The van der Waals surface area contributed by atoms with Crippen molar-refractivity contribution in [2.24, 2.45) is 0 Å². The number of aromatic nitrogens is 1. The lowest BCUT2D eigenvalue weighted by Crippen LogP contribution is -1.97. The molecule has 0 saturated carbocycles. The standard InChI is InChI=1S/C13H10FN3/c14-12-3-1-2-9(7-12)11-6-10(4-5-15)13(16)17-8-11/h1-3,6-8H,4H2,(H2,16,17). The number of hydrogen-bond donors (Lipinski definition) is 1. The third kappa shape index (κ3) is 2.40. The van der Waals surface area contributed by atoms with E-state index >= 15 is 0 Å². The Morgan fingerprint density at radius 3 is 2.82 bits per heavy atom. The minimum atomic E-state index is -0.304. The Balaban J connectivity index is 2.47. The van der Waals surface area contributed by atoms with Crippen LogP contribution in [0.2, 0.25) is 0 Å². The molecule has 2 aromatic rings. The van der Waals surface area contributed by atoms with Crippen molar-refractivity contribution >= 4 is 5.82 Å². The lowest BCUT2D eigenvalue weighted by atomic mass is 10.0. The van der Waals surface area contributed by atoms with Gasteiger partial charge in [0.05, 0.1) is 12.5 Å². The van der Waals surface area contributed by atoms with E-state index < -0.39 is 0 Å². The molecule has 17 heavy (non-hydrogen) atoms. The molecule has 84 valence electrons. The van der Waals surface area contributed by atoms with Gasteiger partial charge in [-0.15, -0.1) is 0 Å². The summed E-state index contributed by atoms with van der Waals surface area (Å²) in [5.41, 5.74) is 7.78. The second-order valence-corrected chi connectivity index (χ2v) is 3.61. The number of nitriles is 1.